The molecule has 0 radical (unpaired) electrons. The van der Waals surface area contributed by atoms with E-state index >= 15 is 0 Å². The number of anilines is 1. The molecule has 0 N–H and O–H groups in total. The Bertz CT molecular complexity index is 907. The highest BCUT2D eigenvalue weighted by atomic mass is 35.5. The van der Waals surface area contributed by atoms with Crippen molar-refractivity contribution < 1.29 is 9.53 Å². The number of carbonyl (C=O) groups is 1. The van der Waals surface area contributed by atoms with E-state index < -0.39 is 0 Å². The highest BCUT2D eigenvalue weighted by molar-refractivity contribution is 7.22. The molecule has 28 heavy (non-hydrogen) atoms. The average molecular weight is 438 g/mol. The summed E-state index contributed by atoms with van der Waals surface area (Å²) in [5, 5.41) is 2.74. The number of hydrogen-bond acceptors (Lipinski definition) is 6. The fourth-order valence-electron chi connectivity index (χ4n) is 3.28. The Morgan fingerprint density at radius 2 is 2.07 bits per heavy atom. The Morgan fingerprint density at radius 3 is 2.79 bits per heavy atom. The van der Waals surface area contributed by atoms with Gasteiger partial charge in [-0.25, -0.2) is 4.98 Å². The first-order valence-corrected chi connectivity index (χ1v) is 10.9. The molecule has 3 aromatic rings. The lowest BCUT2D eigenvalue weighted by molar-refractivity contribution is 0.0376. The molecule has 1 saturated heterocycles. The van der Waals surface area contributed by atoms with Gasteiger partial charge in [0, 0.05) is 26.2 Å². The van der Waals surface area contributed by atoms with Gasteiger partial charge in [-0.3, -0.25) is 14.6 Å². The molecule has 150 valence electrons. The van der Waals surface area contributed by atoms with Crippen LogP contribution in [0.25, 0.3) is 10.2 Å². The number of nitrogens with zero attached hydrogens (tertiary/aromatic N) is 3. The number of aromatic nitrogens is 1. The average Bonchev–Trinajstić information content (AvgIpc) is 3.36. The number of thiazole rings is 1. The van der Waals surface area contributed by atoms with Crippen LogP contribution in [0.3, 0.4) is 0 Å². The molecule has 3 heterocycles. The SMILES string of the molecule is Cc1cccc2sc(N(CCCN3CCOCC3)C(=O)c3cccs3)nc12.Cl. The molecule has 0 aliphatic carbocycles. The van der Waals surface area contributed by atoms with Crippen molar-refractivity contribution in [2.24, 2.45) is 0 Å². The second kappa shape index (κ2) is 9.80. The predicted octanol–water partition coefficient (Wildman–Crippen LogP) is 4.46. The molecule has 1 fully saturated rings. The molecule has 4 rings (SSSR count). The third-order valence-corrected chi connectivity index (χ3v) is 6.68. The number of carbonyl (C=O) groups excluding carboxylic acids is 1. The van der Waals surface area contributed by atoms with Crippen LogP contribution < -0.4 is 4.90 Å². The van der Waals surface area contributed by atoms with Crippen LogP contribution in [0.1, 0.15) is 21.7 Å². The second-order valence-electron chi connectivity index (χ2n) is 6.66. The smallest absolute Gasteiger partial charge is 0.270 e. The van der Waals surface area contributed by atoms with Gasteiger partial charge in [-0.05, 0) is 36.4 Å². The Hall–Kier alpha value is -1.51. The third-order valence-electron chi connectivity index (χ3n) is 4.78. The quantitative estimate of drug-likeness (QED) is 0.571. The van der Waals surface area contributed by atoms with Crippen LogP contribution >= 0.6 is 35.1 Å². The van der Waals surface area contributed by atoms with Gasteiger partial charge in [0.05, 0.1) is 28.3 Å². The molecule has 1 aliphatic rings. The summed E-state index contributed by atoms with van der Waals surface area (Å²) in [6.45, 7) is 7.26. The van der Waals surface area contributed by atoms with Gasteiger partial charge in [-0.2, -0.15) is 0 Å². The summed E-state index contributed by atoms with van der Waals surface area (Å²) in [5.74, 6) is 0.0451. The highest BCUT2D eigenvalue weighted by Crippen LogP contribution is 2.32. The van der Waals surface area contributed by atoms with E-state index in [1.807, 2.05) is 28.5 Å². The summed E-state index contributed by atoms with van der Waals surface area (Å²) in [5.41, 5.74) is 2.14. The van der Waals surface area contributed by atoms with E-state index in [9.17, 15) is 4.79 Å². The minimum Gasteiger partial charge on any atom is -0.379 e. The number of morpholine rings is 1. The maximum atomic E-state index is 13.1. The molecule has 0 saturated carbocycles. The van der Waals surface area contributed by atoms with Crippen molar-refractivity contribution in [2.45, 2.75) is 13.3 Å². The molecular weight excluding hydrogens is 414 g/mol. The Labute approximate surface area is 179 Å². The monoisotopic (exact) mass is 437 g/mol. The molecule has 8 heteroatoms. The molecule has 5 nitrogen and oxygen atoms in total. The molecule has 1 amide bonds. The number of aryl methyl sites for hydroxylation is 1. The first-order chi connectivity index (χ1) is 13.2. The van der Waals surface area contributed by atoms with Crippen molar-refractivity contribution in [3.63, 3.8) is 0 Å². The molecule has 0 bridgehead atoms. The van der Waals surface area contributed by atoms with Crippen LogP contribution in [-0.2, 0) is 4.74 Å². The zero-order chi connectivity index (χ0) is 18.6. The van der Waals surface area contributed by atoms with Crippen LogP contribution in [0.4, 0.5) is 5.13 Å². The van der Waals surface area contributed by atoms with Crippen molar-refractivity contribution in [3.8, 4) is 0 Å². The fraction of sp³-hybridized carbons (Fsp3) is 0.400. The van der Waals surface area contributed by atoms with Gasteiger partial charge in [0.1, 0.15) is 0 Å². The van der Waals surface area contributed by atoms with Crippen molar-refractivity contribution in [3.05, 3.63) is 46.2 Å². The first-order valence-electron chi connectivity index (χ1n) is 9.24. The summed E-state index contributed by atoms with van der Waals surface area (Å²) >= 11 is 3.08. The van der Waals surface area contributed by atoms with Gasteiger partial charge in [0.15, 0.2) is 5.13 Å². The topological polar surface area (TPSA) is 45.7 Å². The van der Waals surface area contributed by atoms with E-state index in [2.05, 4.69) is 24.0 Å². The van der Waals surface area contributed by atoms with Gasteiger partial charge in [0.25, 0.3) is 5.91 Å². The molecule has 0 spiro atoms. The lowest BCUT2D eigenvalue weighted by Crippen LogP contribution is -2.39. The fourth-order valence-corrected chi connectivity index (χ4v) is 5.02. The Kier molecular flexibility index (Phi) is 7.42. The number of fused-ring (bicyclic) bond motifs is 1. The highest BCUT2D eigenvalue weighted by Gasteiger charge is 2.22. The van der Waals surface area contributed by atoms with Gasteiger partial charge in [-0.1, -0.05) is 29.5 Å². The maximum Gasteiger partial charge on any atom is 0.270 e. The number of ether oxygens (including phenoxy) is 1. The van der Waals surface area contributed by atoms with Gasteiger partial charge < -0.3 is 4.74 Å². The molecule has 1 aliphatic heterocycles. The summed E-state index contributed by atoms with van der Waals surface area (Å²) in [7, 11) is 0. The number of rotatable bonds is 6. The van der Waals surface area contributed by atoms with Crippen LogP contribution in [0.2, 0.25) is 0 Å². The van der Waals surface area contributed by atoms with E-state index in [-0.39, 0.29) is 18.3 Å². The van der Waals surface area contributed by atoms with Crippen LogP contribution in [-0.4, -0.2) is 55.2 Å². The summed E-state index contributed by atoms with van der Waals surface area (Å²) in [6, 6.07) is 10.00. The van der Waals surface area contributed by atoms with E-state index in [4.69, 9.17) is 9.72 Å². The van der Waals surface area contributed by atoms with E-state index in [1.54, 1.807) is 11.3 Å². The summed E-state index contributed by atoms with van der Waals surface area (Å²) in [4.78, 5) is 22.9. The predicted molar refractivity (Wildman–Crippen MR) is 119 cm³/mol. The minimum atomic E-state index is 0. The maximum absolute atomic E-state index is 13.1. The lowest BCUT2D eigenvalue weighted by Gasteiger charge is -2.27. The number of para-hydroxylation sites is 1. The zero-order valence-electron chi connectivity index (χ0n) is 15.8. The van der Waals surface area contributed by atoms with E-state index in [0.29, 0.717) is 6.54 Å². The van der Waals surface area contributed by atoms with Crippen molar-refractivity contribution >= 4 is 56.3 Å². The van der Waals surface area contributed by atoms with E-state index in [0.717, 1.165) is 65.1 Å². The number of halogens is 1. The van der Waals surface area contributed by atoms with Crippen molar-refractivity contribution in [1.29, 1.82) is 0 Å². The standard InChI is InChI=1S/C20H23N3O2S2.ClH/c1-15-5-2-6-16-18(15)21-20(27-16)23(19(24)17-7-3-14-26-17)9-4-8-22-10-12-25-13-11-22;/h2-3,5-7,14H,4,8-13H2,1H3;1H. The molecule has 1 aromatic carbocycles. The second-order valence-corrected chi connectivity index (χ2v) is 8.62. The number of hydrogen-bond donors (Lipinski definition) is 0. The number of thiophene rings is 1. The number of benzene rings is 1. The van der Waals surface area contributed by atoms with Crippen molar-refractivity contribution in [1.82, 2.24) is 9.88 Å². The first kappa shape index (κ1) is 21.2. The lowest BCUT2D eigenvalue weighted by atomic mass is 10.2. The Morgan fingerprint density at radius 1 is 1.25 bits per heavy atom. The normalized spacial score (nSPS) is 14.8. The largest absolute Gasteiger partial charge is 0.379 e. The van der Waals surface area contributed by atoms with Crippen LogP contribution in [0, 0.1) is 6.92 Å². The molecule has 2 aromatic heterocycles. The Balaban J connectivity index is 0.00000225. The molecular formula is C20H24ClN3O2S2. The number of amides is 1. The van der Waals surface area contributed by atoms with E-state index in [1.165, 1.54) is 11.3 Å². The third kappa shape index (κ3) is 4.72. The zero-order valence-corrected chi connectivity index (χ0v) is 18.2. The van der Waals surface area contributed by atoms with Gasteiger partial charge >= 0.3 is 0 Å². The minimum absolute atomic E-state index is 0. The summed E-state index contributed by atoms with van der Waals surface area (Å²) in [6.07, 6.45) is 0.923. The molecule has 0 atom stereocenters. The van der Waals surface area contributed by atoms with Crippen LogP contribution in [0.5, 0.6) is 0 Å². The van der Waals surface area contributed by atoms with Gasteiger partial charge in [-0.15, -0.1) is 23.7 Å². The molecule has 0 unspecified atom stereocenters. The van der Waals surface area contributed by atoms with Gasteiger partial charge in [0.2, 0.25) is 0 Å². The summed E-state index contributed by atoms with van der Waals surface area (Å²) < 4.78 is 6.54. The van der Waals surface area contributed by atoms with Crippen molar-refractivity contribution in [2.75, 3.05) is 44.3 Å². The van der Waals surface area contributed by atoms with Crippen LogP contribution in [0.15, 0.2) is 35.7 Å².